The lowest BCUT2D eigenvalue weighted by atomic mass is 10.5. The summed E-state index contributed by atoms with van der Waals surface area (Å²) >= 11 is 5.55. The summed E-state index contributed by atoms with van der Waals surface area (Å²) in [6.07, 6.45) is 4.74. The predicted molar refractivity (Wildman–Crippen MR) is 56.7 cm³/mol. The van der Waals surface area contributed by atoms with Crippen LogP contribution in [-0.4, -0.2) is 32.0 Å². The number of alkyl halides is 1. The fourth-order valence-electron chi connectivity index (χ4n) is 1.35. The van der Waals surface area contributed by atoms with Gasteiger partial charge in [-0.15, -0.1) is 11.6 Å². The third-order valence-corrected chi connectivity index (χ3v) is 2.22. The van der Waals surface area contributed by atoms with E-state index in [-0.39, 0.29) is 6.23 Å². The van der Waals surface area contributed by atoms with E-state index in [4.69, 9.17) is 16.3 Å². The van der Waals surface area contributed by atoms with Crippen LogP contribution >= 0.6 is 11.6 Å². The molecule has 80 valence electrons. The van der Waals surface area contributed by atoms with Crippen molar-refractivity contribution >= 4 is 22.8 Å². The van der Waals surface area contributed by atoms with Gasteiger partial charge in [-0.05, 0) is 6.92 Å². The van der Waals surface area contributed by atoms with Crippen LogP contribution < -0.4 is 0 Å². The van der Waals surface area contributed by atoms with Gasteiger partial charge in [0.2, 0.25) is 0 Å². The molecule has 2 heterocycles. The normalized spacial score (nSPS) is 13.2. The maximum atomic E-state index is 5.55. The Hall–Kier alpha value is -1.20. The van der Waals surface area contributed by atoms with E-state index in [9.17, 15) is 0 Å². The van der Waals surface area contributed by atoms with Crippen LogP contribution in [0.4, 0.5) is 0 Å². The number of hydrogen-bond acceptors (Lipinski definition) is 4. The molecule has 0 N–H and O–H groups in total. The van der Waals surface area contributed by atoms with Crippen molar-refractivity contribution < 1.29 is 4.74 Å². The molecule has 0 amide bonds. The number of nitrogens with zero attached hydrogens (tertiary/aromatic N) is 4. The molecule has 2 aromatic heterocycles. The molecule has 2 aromatic rings. The van der Waals surface area contributed by atoms with Crippen LogP contribution in [0.5, 0.6) is 0 Å². The van der Waals surface area contributed by atoms with Gasteiger partial charge in [0.05, 0.1) is 19.1 Å². The van der Waals surface area contributed by atoms with E-state index in [1.165, 1.54) is 6.33 Å². The van der Waals surface area contributed by atoms with E-state index in [1.54, 1.807) is 12.5 Å². The van der Waals surface area contributed by atoms with Gasteiger partial charge in [-0.3, -0.25) is 4.57 Å². The molecule has 15 heavy (non-hydrogen) atoms. The third kappa shape index (κ3) is 2.08. The number of halogens is 1. The van der Waals surface area contributed by atoms with E-state index in [2.05, 4.69) is 15.0 Å². The Bertz CT molecular complexity index is 444. The van der Waals surface area contributed by atoms with Crippen LogP contribution in [0.15, 0.2) is 18.9 Å². The zero-order valence-corrected chi connectivity index (χ0v) is 9.05. The van der Waals surface area contributed by atoms with Crippen molar-refractivity contribution in [1.29, 1.82) is 0 Å². The number of fused-ring (bicyclic) bond motifs is 1. The molecule has 6 heteroatoms. The van der Waals surface area contributed by atoms with E-state index >= 15 is 0 Å². The van der Waals surface area contributed by atoms with Crippen LogP contribution in [0.1, 0.15) is 13.2 Å². The Labute approximate surface area is 92.1 Å². The summed E-state index contributed by atoms with van der Waals surface area (Å²) in [5, 5.41) is 0. The summed E-state index contributed by atoms with van der Waals surface area (Å²) in [4.78, 5) is 12.2. The SMILES string of the molecule is CC(OCCCl)n1cnc2cncnc21. The van der Waals surface area contributed by atoms with Gasteiger partial charge in [-0.2, -0.15) is 0 Å². The van der Waals surface area contributed by atoms with Gasteiger partial charge in [0.25, 0.3) is 0 Å². The molecular formula is C9H11ClN4O. The van der Waals surface area contributed by atoms with Crippen molar-refractivity contribution in [2.45, 2.75) is 13.2 Å². The number of aromatic nitrogens is 4. The molecule has 0 fully saturated rings. The smallest absolute Gasteiger partial charge is 0.165 e. The summed E-state index contributed by atoms with van der Waals surface area (Å²) in [5.41, 5.74) is 1.53. The number of ether oxygens (including phenoxy) is 1. The first-order chi connectivity index (χ1) is 7.33. The lowest BCUT2D eigenvalue weighted by molar-refractivity contribution is 0.0285. The van der Waals surface area contributed by atoms with Gasteiger partial charge in [0, 0.05) is 5.88 Å². The first kappa shape index (κ1) is 10.3. The van der Waals surface area contributed by atoms with E-state index < -0.39 is 0 Å². The average Bonchev–Trinajstić information content (AvgIpc) is 2.69. The highest BCUT2D eigenvalue weighted by Gasteiger charge is 2.09. The molecule has 2 rings (SSSR count). The van der Waals surface area contributed by atoms with Gasteiger partial charge >= 0.3 is 0 Å². The molecule has 0 aliphatic rings. The van der Waals surface area contributed by atoms with Gasteiger partial charge < -0.3 is 4.74 Å². The highest BCUT2D eigenvalue weighted by Crippen LogP contribution is 2.14. The fraction of sp³-hybridized carbons (Fsp3) is 0.444. The lowest BCUT2D eigenvalue weighted by Gasteiger charge is -2.13. The molecule has 0 spiro atoms. The van der Waals surface area contributed by atoms with Crippen molar-refractivity contribution in [3.05, 3.63) is 18.9 Å². The quantitative estimate of drug-likeness (QED) is 0.744. The highest BCUT2D eigenvalue weighted by molar-refractivity contribution is 6.17. The minimum absolute atomic E-state index is 0.122. The van der Waals surface area contributed by atoms with Crippen LogP contribution in [0.25, 0.3) is 11.2 Å². The number of hydrogen-bond donors (Lipinski definition) is 0. The van der Waals surface area contributed by atoms with E-state index in [0.29, 0.717) is 12.5 Å². The second-order valence-corrected chi connectivity index (χ2v) is 3.42. The van der Waals surface area contributed by atoms with E-state index in [0.717, 1.165) is 11.2 Å². The minimum atomic E-state index is -0.122. The van der Waals surface area contributed by atoms with Gasteiger partial charge in [0.1, 0.15) is 18.1 Å². The molecule has 1 unspecified atom stereocenters. The summed E-state index contributed by atoms with van der Waals surface area (Å²) < 4.78 is 7.32. The number of rotatable bonds is 4. The van der Waals surface area contributed by atoms with Crippen LogP contribution in [0.3, 0.4) is 0 Å². The second kappa shape index (κ2) is 4.55. The molecule has 0 saturated heterocycles. The zero-order valence-electron chi connectivity index (χ0n) is 8.30. The molecule has 0 saturated carbocycles. The fourth-order valence-corrected chi connectivity index (χ4v) is 1.44. The maximum absolute atomic E-state index is 5.55. The summed E-state index contributed by atoms with van der Waals surface area (Å²) in [6, 6.07) is 0. The lowest BCUT2D eigenvalue weighted by Crippen LogP contribution is -2.10. The molecule has 0 aliphatic heterocycles. The molecule has 1 atom stereocenters. The molecule has 0 aliphatic carbocycles. The van der Waals surface area contributed by atoms with Gasteiger partial charge in [-0.25, -0.2) is 15.0 Å². The standard InChI is InChI=1S/C9H11ClN4O/c1-7(15-3-2-10)14-6-13-8-4-11-5-12-9(8)14/h4-7H,2-3H2,1H3. The molecule has 0 radical (unpaired) electrons. The van der Waals surface area contributed by atoms with Crippen molar-refractivity contribution in [2.75, 3.05) is 12.5 Å². The Morgan fingerprint density at radius 2 is 2.40 bits per heavy atom. The molecule has 0 aromatic carbocycles. The second-order valence-electron chi connectivity index (χ2n) is 3.04. The van der Waals surface area contributed by atoms with Crippen molar-refractivity contribution in [1.82, 2.24) is 19.5 Å². The van der Waals surface area contributed by atoms with Gasteiger partial charge in [0.15, 0.2) is 5.65 Å². The zero-order chi connectivity index (χ0) is 10.7. The number of imidazole rings is 1. The minimum Gasteiger partial charge on any atom is -0.357 e. The monoisotopic (exact) mass is 226 g/mol. The largest absolute Gasteiger partial charge is 0.357 e. The first-order valence-electron chi connectivity index (χ1n) is 4.63. The first-order valence-corrected chi connectivity index (χ1v) is 5.16. The van der Waals surface area contributed by atoms with Crippen LogP contribution in [0, 0.1) is 0 Å². The summed E-state index contributed by atoms with van der Waals surface area (Å²) in [5.74, 6) is 0.478. The van der Waals surface area contributed by atoms with Crippen molar-refractivity contribution in [2.24, 2.45) is 0 Å². The van der Waals surface area contributed by atoms with Gasteiger partial charge in [-0.1, -0.05) is 0 Å². The average molecular weight is 227 g/mol. The maximum Gasteiger partial charge on any atom is 0.165 e. The van der Waals surface area contributed by atoms with Crippen LogP contribution in [-0.2, 0) is 4.74 Å². The molecular weight excluding hydrogens is 216 g/mol. The van der Waals surface area contributed by atoms with E-state index in [1.807, 2.05) is 11.5 Å². The Kier molecular flexibility index (Phi) is 3.13. The summed E-state index contributed by atoms with van der Waals surface area (Å²) in [7, 11) is 0. The van der Waals surface area contributed by atoms with Crippen molar-refractivity contribution in [3.8, 4) is 0 Å². The Balaban J connectivity index is 2.27. The summed E-state index contributed by atoms with van der Waals surface area (Å²) in [6.45, 7) is 2.43. The van der Waals surface area contributed by atoms with Crippen molar-refractivity contribution in [3.63, 3.8) is 0 Å². The molecule has 0 bridgehead atoms. The third-order valence-electron chi connectivity index (χ3n) is 2.07. The Morgan fingerprint density at radius 1 is 1.53 bits per heavy atom. The molecule has 5 nitrogen and oxygen atoms in total. The van der Waals surface area contributed by atoms with Crippen LogP contribution in [0.2, 0.25) is 0 Å². The highest BCUT2D eigenvalue weighted by atomic mass is 35.5. The Morgan fingerprint density at radius 3 is 3.20 bits per heavy atom. The predicted octanol–water partition coefficient (Wildman–Crippen LogP) is 1.60. The topological polar surface area (TPSA) is 52.8 Å².